The number of benzene rings is 2. The molecule has 2 aliphatic heterocycles. The van der Waals surface area contributed by atoms with Crippen molar-refractivity contribution in [2.75, 3.05) is 39.3 Å². The smallest absolute Gasteiger partial charge is 0.253 e. The molecule has 0 radical (unpaired) electrons. The van der Waals surface area contributed by atoms with Crippen LogP contribution in [0.25, 0.3) is 0 Å². The van der Waals surface area contributed by atoms with Gasteiger partial charge in [0.15, 0.2) is 0 Å². The first-order valence-electron chi connectivity index (χ1n) is 10.9. The lowest BCUT2D eigenvalue weighted by atomic mass is 9.94. The highest BCUT2D eigenvalue weighted by molar-refractivity contribution is 6.31. The quantitative estimate of drug-likeness (QED) is 0.695. The van der Waals surface area contributed by atoms with Crippen molar-refractivity contribution in [2.45, 2.75) is 19.4 Å². The summed E-state index contributed by atoms with van der Waals surface area (Å²) in [5, 5.41) is 0.422. The van der Waals surface area contributed by atoms with Crippen molar-refractivity contribution in [3.05, 3.63) is 70.2 Å². The number of amides is 2. The van der Waals surface area contributed by atoms with E-state index in [2.05, 4.69) is 4.90 Å². The standard InChI is InChI=1S/C24H26ClF2N3O2/c25-22-15-21(27)6-3-19(22)16-28-11-13-30(14-12-28)24(32)18-7-9-29(10-8-18)23(31)17-1-4-20(26)5-2-17/h1-6,15,18H,7-14,16H2. The van der Waals surface area contributed by atoms with Crippen LogP contribution in [0.15, 0.2) is 42.5 Å². The molecule has 0 aromatic heterocycles. The molecule has 8 heteroatoms. The van der Waals surface area contributed by atoms with Crippen molar-refractivity contribution in [2.24, 2.45) is 5.92 Å². The van der Waals surface area contributed by atoms with Gasteiger partial charge in [0.1, 0.15) is 11.6 Å². The summed E-state index contributed by atoms with van der Waals surface area (Å²) in [4.78, 5) is 31.4. The number of piperazine rings is 1. The van der Waals surface area contributed by atoms with E-state index in [1.807, 2.05) is 4.90 Å². The van der Waals surface area contributed by atoms with Gasteiger partial charge in [-0.15, -0.1) is 0 Å². The van der Waals surface area contributed by atoms with Crippen molar-refractivity contribution in [3.8, 4) is 0 Å². The van der Waals surface area contributed by atoms with E-state index < -0.39 is 0 Å². The van der Waals surface area contributed by atoms with E-state index in [1.165, 1.54) is 36.4 Å². The molecule has 0 saturated carbocycles. The maximum atomic E-state index is 13.2. The zero-order valence-corrected chi connectivity index (χ0v) is 18.5. The lowest BCUT2D eigenvalue weighted by Gasteiger charge is -2.38. The van der Waals surface area contributed by atoms with Gasteiger partial charge in [-0.05, 0) is 54.8 Å². The summed E-state index contributed by atoms with van der Waals surface area (Å²) < 4.78 is 26.3. The average Bonchev–Trinajstić information content (AvgIpc) is 2.81. The first-order valence-corrected chi connectivity index (χ1v) is 11.3. The number of carbonyl (C=O) groups is 2. The van der Waals surface area contributed by atoms with E-state index in [1.54, 1.807) is 11.0 Å². The number of piperidine rings is 1. The zero-order valence-electron chi connectivity index (χ0n) is 17.8. The Morgan fingerprint density at radius 2 is 1.47 bits per heavy atom. The summed E-state index contributed by atoms with van der Waals surface area (Å²) in [5.41, 5.74) is 1.35. The van der Waals surface area contributed by atoms with Crippen LogP contribution >= 0.6 is 11.6 Å². The molecule has 2 heterocycles. The maximum absolute atomic E-state index is 13.2. The summed E-state index contributed by atoms with van der Waals surface area (Å²) in [6.45, 7) is 4.44. The van der Waals surface area contributed by atoms with Crippen molar-refractivity contribution in [1.82, 2.24) is 14.7 Å². The summed E-state index contributed by atoms with van der Waals surface area (Å²) >= 11 is 6.13. The lowest BCUT2D eigenvalue weighted by molar-refractivity contribution is -0.138. The first-order chi connectivity index (χ1) is 15.4. The molecule has 5 nitrogen and oxygen atoms in total. The molecule has 0 N–H and O–H groups in total. The number of rotatable bonds is 4. The van der Waals surface area contributed by atoms with Crippen LogP contribution in [0.3, 0.4) is 0 Å². The van der Waals surface area contributed by atoms with Crippen LogP contribution in [0.2, 0.25) is 5.02 Å². The molecular weight excluding hydrogens is 436 g/mol. The van der Waals surface area contributed by atoms with Crippen LogP contribution in [-0.2, 0) is 11.3 Å². The van der Waals surface area contributed by atoms with Crippen molar-refractivity contribution >= 4 is 23.4 Å². The molecule has 2 fully saturated rings. The van der Waals surface area contributed by atoms with Gasteiger partial charge in [0.2, 0.25) is 5.91 Å². The number of carbonyl (C=O) groups excluding carboxylic acids is 2. The Bertz CT molecular complexity index is 970. The lowest BCUT2D eigenvalue weighted by Crippen LogP contribution is -2.51. The molecule has 2 saturated heterocycles. The van der Waals surface area contributed by atoms with Gasteiger partial charge in [0, 0.05) is 62.3 Å². The fourth-order valence-corrected chi connectivity index (χ4v) is 4.61. The van der Waals surface area contributed by atoms with Gasteiger partial charge in [-0.2, -0.15) is 0 Å². The summed E-state index contributed by atoms with van der Waals surface area (Å²) in [5.74, 6) is -0.765. The Morgan fingerprint density at radius 3 is 2.09 bits per heavy atom. The second-order valence-electron chi connectivity index (χ2n) is 8.41. The van der Waals surface area contributed by atoms with Gasteiger partial charge in [-0.3, -0.25) is 14.5 Å². The molecule has 2 aromatic rings. The van der Waals surface area contributed by atoms with Crippen LogP contribution in [0.1, 0.15) is 28.8 Å². The highest BCUT2D eigenvalue weighted by Gasteiger charge is 2.32. The number of nitrogens with zero attached hydrogens (tertiary/aromatic N) is 3. The molecule has 0 aliphatic carbocycles. The topological polar surface area (TPSA) is 43.9 Å². The maximum Gasteiger partial charge on any atom is 0.253 e. The highest BCUT2D eigenvalue weighted by Crippen LogP contribution is 2.23. The summed E-state index contributed by atoms with van der Waals surface area (Å²) in [6.07, 6.45) is 1.27. The molecule has 0 atom stereocenters. The molecule has 0 spiro atoms. The highest BCUT2D eigenvalue weighted by atomic mass is 35.5. The van der Waals surface area contributed by atoms with Gasteiger partial charge < -0.3 is 9.80 Å². The van der Waals surface area contributed by atoms with Crippen molar-refractivity contribution in [1.29, 1.82) is 0 Å². The van der Waals surface area contributed by atoms with Crippen LogP contribution in [0, 0.1) is 17.6 Å². The van der Waals surface area contributed by atoms with Gasteiger partial charge in [0.25, 0.3) is 5.91 Å². The van der Waals surface area contributed by atoms with Crippen LogP contribution in [0.4, 0.5) is 8.78 Å². The minimum atomic E-state index is -0.369. The van der Waals surface area contributed by atoms with E-state index in [9.17, 15) is 18.4 Å². The van der Waals surface area contributed by atoms with Gasteiger partial charge >= 0.3 is 0 Å². The second kappa shape index (κ2) is 9.96. The molecule has 170 valence electrons. The SMILES string of the molecule is O=C(c1ccc(F)cc1)N1CCC(C(=O)N2CCN(Cc3ccc(F)cc3Cl)CC2)CC1. The molecule has 0 bridgehead atoms. The van der Waals surface area contributed by atoms with Gasteiger partial charge in [0.05, 0.1) is 0 Å². The minimum absolute atomic E-state index is 0.0784. The molecule has 0 unspecified atom stereocenters. The van der Waals surface area contributed by atoms with E-state index in [0.29, 0.717) is 56.2 Å². The largest absolute Gasteiger partial charge is 0.340 e. The minimum Gasteiger partial charge on any atom is -0.340 e. The van der Waals surface area contributed by atoms with Gasteiger partial charge in [-0.1, -0.05) is 17.7 Å². The Morgan fingerprint density at radius 1 is 0.844 bits per heavy atom. The van der Waals surface area contributed by atoms with Crippen molar-refractivity contribution in [3.63, 3.8) is 0 Å². The third kappa shape index (κ3) is 5.27. The Kier molecular flexibility index (Phi) is 7.06. The van der Waals surface area contributed by atoms with Crippen LogP contribution in [-0.4, -0.2) is 65.8 Å². The van der Waals surface area contributed by atoms with Crippen LogP contribution < -0.4 is 0 Å². The third-order valence-electron chi connectivity index (χ3n) is 6.32. The molecular formula is C24H26ClF2N3O2. The van der Waals surface area contributed by atoms with E-state index in [0.717, 1.165) is 18.7 Å². The first kappa shape index (κ1) is 22.7. The fraction of sp³-hybridized carbons (Fsp3) is 0.417. The molecule has 32 heavy (non-hydrogen) atoms. The normalized spacial score (nSPS) is 18.1. The number of hydrogen-bond acceptors (Lipinski definition) is 3. The Balaban J connectivity index is 1.24. The number of likely N-dealkylation sites (tertiary alicyclic amines) is 1. The van der Waals surface area contributed by atoms with Crippen molar-refractivity contribution < 1.29 is 18.4 Å². The van der Waals surface area contributed by atoms with E-state index >= 15 is 0 Å². The monoisotopic (exact) mass is 461 g/mol. The van der Waals surface area contributed by atoms with Crippen LogP contribution in [0.5, 0.6) is 0 Å². The number of halogens is 3. The van der Waals surface area contributed by atoms with E-state index in [-0.39, 0.29) is 29.4 Å². The molecule has 2 aromatic carbocycles. The predicted molar refractivity (Wildman–Crippen MR) is 118 cm³/mol. The summed E-state index contributed by atoms with van der Waals surface area (Å²) in [6, 6.07) is 10.00. The number of hydrogen-bond donors (Lipinski definition) is 0. The predicted octanol–water partition coefficient (Wildman–Crippen LogP) is 3.81. The molecule has 4 rings (SSSR count). The van der Waals surface area contributed by atoms with Gasteiger partial charge in [-0.25, -0.2) is 8.78 Å². The Hall–Kier alpha value is -2.51. The fourth-order valence-electron chi connectivity index (χ4n) is 4.38. The van der Waals surface area contributed by atoms with E-state index in [4.69, 9.17) is 11.6 Å². The second-order valence-corrected chi connectivity index (χ2v) is 8.82. The Labute approximate surface area is 191 Å². The zero-order chi connectivity index (χ0) is 22.7. The molecule has 2 amide bonds. The average molecular weight is 462 g/mol. The summed E-state index contributed by atoms with van der Waals surface area (Å²) in [7, 11) is 0. The molecule has 2 aliphatic rings. The third-order valence-corrected chi connectivity index (χ3v) is 6.67.